The number of amides is 2. The zero-order valence-electron chi connectivity index (χ0n) is 16.3. The van der Waals surface area contributed by atoms with E-state index in [0.29, 0.717) is 6.54 Å². The Morgan fingerprint density at radius 2 is 1.74 bits per heavy atom. The number of likely N-dealkylation sites (N-methyl/N-ethyl adjacent to an activating group) is 2. The van der Waals surface area contributed by atoms with Crippen molar-refractivity contribution in [2.75, 3.05) is 32.5 Å². The van der Waals surface area contributed by atoms with Crippen LogP contribution in [0.25, 0.3) is 0 Å². The van der Waals surface area contributed by atoms with Crippen LogP contribution in [0.2, 0.25) is 0 Å². The summed E-state index contributed by atoms with van der Waals surface area (Å²) in [4.78, 5) is 27.8. The lowest BCUT2D eigenvalue weighted by molar-refractivity contribution is -0.131. The number of hydrogen-bond acceptors (Lipinski definition) is 3. The number of rotatable bonds is 7. The standard InChI is InChI=1S/C21H26FN3O2/c1-15-7-5-10-19(16(15)2)23-20(26)13-24(3)14-21(27)25(4)12-17-8-6-9-18(22)11-17/h5-11H,12-14H2,1-4H3,(H,23,26). The van der Waals surface area contributed by atoms with Crippen LogP contribution in [0.4, 0.5) is 10.1 Å². The summed E-state index contributed by atoms with van der Waals surface area (Å²) in [5.74, 6) is -0.637. The third-order valence-corrected chi connectivity index (χ3v) is 4.43. The summed E-state index contributed by atoms with van der Waals surface area (Å²) in [6, 6.07) is 11.9. The third-order valence-electron chi connectivity index (χ3n) is 4.43. The van der Waals surface area contributed by atoms with Gasteiger partial charge in [-0.3, -0.25) is 14.5 Å². The van der Waals surface area contributed by atoms with Crippen molar-refractivity contribution >= 4 is 17.5 Å². The topological polar surface area (TPSA) is 52.7 Å². The van der Waals surface area contributed by atoms with Crippen LogP contribution in [0.1, 0.15) is 16.7 Å². The third kappa shape index (κ3) is 6.18. The van der Waals surface area contributed by atoms with E-state index in [2.05, 4.69) is 5.32 Å². The van der Waals surface area contributed by atoms with Crippen molar-refractivity contribution in [1.82, 2.24) is 9.80 Å². The molecule has 2 aromatic rings. The van der Waals surface area contributed by atoms with Gasteiger partial charge in [-0.1, -0.05) is 24.3 Å². The van der Waals surface area contributed by atoms with E-state index in [1.807, 2.05) is 32.0 Å². The first-order valence-corrected chi connectivity index (χ1v) is 8.79. The van der Waals surface area contributed by atoms with Gasteiger partial charge in [-0.15, -0.1) is 0 Å². The van der Waals surface area contributed by atoms with E-state index in [1.165, 1.54) is 17.0 Å². The smallest absolute Gasteiger partial charge is 0.238 e. The molecular weight excluding hydrogens is 345 g/mol. The van der Waals surface area contributed by atoms with E-state index in [4.69, 9.17) is 0 Å². The summed E-state index contributed by atoms with van der Waals surface area (Å²) in [5.41, 5.74) is 3.64. The van der Waals surface area contributed by atoms with Gasteiger partial charge in [0.05, 0.1) is 13.1 Å². The Labute approximate surface area is 159 Å². The summed E-state index contributed by atoms with van der Waals surface area (Å²) in [7, 11) is 3.38. The fourth-order valence-corrected chi connectivity index (χ4v) is 2.73. The highest BCUT2D eigenvalue weighted by molar-refractivity contribution is 5.93. The van der Waals surface area contributed by atoms with Crippen molar-refractivity contribution in [3.05, 3.63) is 65.0 Å². The summed E-state index contributed by atoms with van der Waals surface area (Å²) in [5, 5.41) is 2.88. The Bertz CT molecular complexity index is 823. The monoisotopic (exact) mass is 371 g/mol. The molecule has 5 nitrogen and oxygen atoms in total. The van der Waals surface area contributed by atoms with E-state index in [-0.39, 0.29) is 30.7 Å². The number of hydrogen-bond donors (Lipinski definition) is 1. The molecule has 1 N–H and O–H groups in total. The van der Waals surface area contributed by atoms with Gasteiger partial charge < -0.3 is 10.2 Å². The van der Waals surface area contributed by atoms with E-state index < -0.39 is 0 Å². The molecule has 0 radical (unpaired) electrons. The van der Waals surface area contributed by atoms with Crippen molar-refractivity contribution < 1.29 is 14.0 Å². The maximum absolute atomic E-state index is 13.2. The normalized spacial score (nSPS) is 10.7. The molecule has 2 amide bonds. The van der Waals surface area contributed by atoms with Crippen molar-refractivity contribution in [3.63, 3.8) is 0 Å². The number of nitrogens with one attached hydrogen (secondary N) is 1. The first kappa shape index (κ1) is 20.6. The Morgan fingerprint density at radius 3 is 2.44 bits per heavy atom. The lowest BCUT2D eigenvalue weighted by Gasteiger charge is -2.22. The van der Waals surface area contributed by atoms with E-state index in [1.54, 1.807) is 31.1 Å². The van der Waals surface area contributed by atoms with Crippen LogP contribution in [0, 0.1) is 19.7 Å². The molecule has 0 aliphatic heterocycles. The minimum absolute atomic E-state index is 0.103. The Hall–Kier alpha value is -2.73. The number of halogens is 1. The molecule has 0 heterocycles. The van der Waals surface area contributed by atoms with Gasteiger partial charge in [-0.2, -0.15) is 0 Å². The molecule has 0 saturated heterocycles. The molecule has 0 atom stereocenters. The highest BCUT2D eigenvalue weighted by atomic mass is 19.1. The molecule has 0 spiro atoms. The van der Waals surface area contributed by atoms with E-state index in [0.717, 1.165) is 22.4 Å². The van der Waals surface area contributed by atoms with Gasteiger partial charge in [0.25, 0.3) is 0 Å². The molecule has 27 heavy (non-hydrogen) atoms. The quantitative estimate of drug-likeness (QED) is 0.814. The van der Waals surface area contributed by atoms with E-state index >= 15 is 0 Å². The average molecular weight is 371 g/mol. The lowest BCUT2D eigenvalue weighted by atomic mass is 10.1. The van der Waals surface area contributed by atoms with Crippen LogP contribution in [-0.2, 0) is 16.1 Å². The highest BCUT2D eigenvalue weighted by Gasteiger charge is 2.15. The molecule has 2 rings (SSSR count). The lowest BCUT2D eigenvalue weighted by Crippen LogP contribution is -2.39. The van der Waals surface area contributed by atoms with Crippen molar-refractivity contribution in [1.29, 1.82) is 0 Å². The molecular formula is C21H26FN3O2. The molecule has 0 saturated carbocycles. The highest BCUT2D eigenvalue weighted by Crippen LogP contribution is 2.17. The van der Waals surface area contributed by atoms with Gasteiger partial charge in [0.1, 0.15) is 5.82 Å². The first-order valence-electron chi connectivity index (χ1n) is 8.79. The van der Waals surface area contributed by atoms with Crippen LogP contribution in [-0.4, -0.2) is 48.8 Å². The van der Waals surface area contributed by atoms with Crippen LogP contribution < -0.4 is 5.32 Å². The number of carbonyl (C=O) groups excluding carboxylic acids is 2. The fraction of sp³-hybridized carbons (Fsp3) is 0.333. The minimum atomic E-state index is -0.325. The molecule has 144 valence electrons. The maximum Gasteiger partial charge on any atom is 0.238 e. The second kappa shape index (κ2) is 9.28. The van der Waals surface area contributed by atoms with Gasteiger partial charge in [-0.25, -0.2) is 4.39 Å². The first-order chi connectivity index (χ1) is 12.8. The predicted molar refractivity (Wildman–Crippen MR) is 105 cm³/mol. The average Bonchev–Trinajstić information content (AvgIpc) is 2.58. The Balaban J connectivity index is 1.84. The molecule has 0 aliphatic carbocycles. The Morgan fingerprint density at radius 1 is 1.04 bits per heavy atom. The van der Waals surface area contributed by atoms with Gasteiger partial charge in [0.15, 0.2) is 0 Å². The maximum atomic E-state index is 13.2. The van der Waals surface area contributed by atoms with Crippen LogP contribution in [0.5, 0.6) is 0 Å². The number of nitrogens with zero attached hydrogens (tertiary/aromatic N) is 2. The molecule has 0 aromatic heterocycles. The largest absolute Gasteiger partial charge is 0.340 e. The van der Waals surface area contributed by atoms with Crippen molar-refractivity contribution in [2.24, 2.45) is 0 Å². The van der Waals surface area contributed by atoms with Crippen LogP contribution >= 0.6 is 0 Å². The summed E-state index contributed by atoms with van der Waals surface area (Å²) >= 11 is 0. The number of benzene rings is 2. The van der Waals surface area contributed by atoms with Crippen molar-refractivity contribution in [2.45, 2.75) is 20.4 Å². The fourth-order valence-electron chi connectivity index (χ4n) is 2.73. The SMILES string of the molecule is Cc1cccc(NC(=O)CN(C)CC(=O)N(C)Cc2cccc(F)c2)c1C. The summed E-state index contributed by atoms with van der Waals surface area (Å²) in [6.07, 6.45) is 0. The van der Waals surface area contributed by atoms with Crippen LogP contribution in [0.3, 0.4) is 0 Å². The summed E-state index contributed by atoms with van der Waals surface area (Å²) < 4.78 is 13.2. The second-order valence-electron chi connectivity index (χ2n) is 6.85. The molecule has 6 heteroatoms. The number of aryl methyl sites for hydroxylation is 1. The zero-order chi connectivity index (χ0) is 20.0. The van der Waals surface area contributed by atoms with Crippen molar-refractivity contribution in [3.8, 4) is 0 Å². The number of anilines is 1. The number of carbonyl (C=O) groups is 2. The van der Waals surface area contributed by atoms with Gasteiger partial charge in [0.2, 0.25) is 11.8 Å². The van der Waals surface area contributed by atoms with Gasteiger partial charge in [-0.05, 0) is 55.8 Å². The molecule has 0 fully saturated rings. The Kier molecular flexibility index (Phi) is 7.07. The van der Waals surface area contributed by atoms with Crippen LogP contribution in [0.15, 0.2) is 42.5 Å². The zero-order valence-corrected chi connectivity index (χ0v) is 16.3. The molecule has 2 aromatic carbocycles. The van der Waals surface area contributed by atoms with E-state index in [9.17, 15) is 14.0 Å². The molecule has 0 unspecified atom stereocenters. The molecule has 0 bridgehead atoms. The predicted octanol–water partition coefficient (Wildman–Crippen LogP) is 2.97. The minimum Gasteiger partial charge on any atom is -0.340 e. The second-order valence-corrected chi connectivity index (χ2v) is 6.85. The van der Waals surface area contributed by atoms with Gasteiger partial charge >= 0.3 is 0 Å². The van der Waals surface area contributed by atoms with Gasteiger partial charge in [0, 0.05) is 19.3 Å². The molecule has 0 aliphatic rings. The summed E-state index contributed by atoms with van der Waals surface area (Å²) in [6.45, 7) is 4.47.